The fourth-order valence-electron chi connectivity index (χ4n) is 4.19. The van der Waals surface area contributed by atoms with Crippen LogP contribution < -0.4 is 5.32 Å². The first-order valence-electron chi connectivity index (χ1n) is 11.4. The molecule has 2 aromatic carbocycles. The lowest BCUT2D eigenvalue weighted by Gasteiger charge is -2.34. The summed E-state index contributed by atoms with van der Waals surface area (Å²) in [6.07, 6.45) is 0.967. The molecule has 1 fully saturated rings. The number of carbonyl (C=O) groups is 2. The summed E-state index contributed by atoms with van der Waals surface area (Å²) in [7, 11) is -3.76. The number of amides is 1. The van der Waals surface area contributed by atoms with Gasteiger partial charge >= 0.3 is 5.97 Å². The van der Waals surface area contributed by atoms with E-state index < -0.39 is 28.5 Å². The van der Waals surface area contributed by atoms with Crippen LogP contribution in [0.1, 0.15) is 30.6 Å². The third-order valence-corrected chi connectivity index (χ3v) is 8.35. The molecule has 1 aliphatic heterocycles. The Morgan fingerprint density at radius 2 is 1.83 bits per heavy atom. The fraction of sp³-hybridized carbons (Fsp3) is 0.320. The summed E-state index contributed by atoms with van der Waals surface area (Å²) in [5.41, 5.74) is 1.31. The van der Waals surface area contributed by atoms with Gasteiger partial charge < -0.3 is 4.74 Å². The number of esters is 1. The second kappa shape index (κ2) is 10.9. The van der Waals surface area contributed by atoms with Crippen LogP contribution in [0.3, 0.4) is 0 Å². The van der Waals surface area contributed by atoms with Gasteiger partial charge in [0.25, 0.3) is 5.91 Å². The van der Waals surface area contributed by atoms with Crippen LogP contribution in [0.2, 0.25) is 0 Å². The van der Waals surface area contributed by atoms with E-state index in [-0.39, 0.29) is 28.1 Å². The standard InChI is InChI=1S/C25H26FN3O5S2/c1-16-10-17(2)13-29(12-16)36(32,33)21-5-3-4-19(11-21)24(31)34-14-23(30)28-25-27-22(15-35-25)18-6-8-20(26)9-7-18/h3-9,11,15-17H,10,12-14H2,1-2H3,(H,27,28,30). The number of nitrogens with zero attached hydrogens (tertiary/aromatic N) is 2. The van der Waals surface area contributed by atoms with Gasteiger partial charge in [-0.3, -0.25) is 10.1 Å². The van der Waals surface area contributed by atoms with Crippen LogP contribution in [0.25, 0.3) is 11.3 Å². The van der Waals surface area contributed by atoms with Crippen molar-refractivity contribution in [1.82, 2.24) is 9.29 Å². The minimum atomic E-state index is -3.76. The number of benzene rings is 2. The number of halogens is 1. The van der Waals surface area contributed by atoms with E-state index in [0.717, 1.165) is 6.42 Å². The van der Waals surface area contributed by atoms with Crippen molar-refractivity contribution >= 4 is 38.4 Å². The summed E-state index contributed by atoms with van der Waals surface area (Å²) < 4.78 is 45.9. The highest BCUT2D eigenvalue weighted by molar-refractivity contribution is 7.89. The molecule has 3 aromatic rings. The van der Waals surface area contributed by atoms with Gasteiger partial charge in [-0.2, -0.15) is 4.31 Å². The summed E-state index contributed by atoms with van der Waals surface area (Å²) in [6, 6.07) is 11.4. The Morgan fingerprint density at radius 3 is 2.53 bits per heavy atom. The Hall–Kier alpha value is -3.15. The highest BCUT2D eigenvalue weighted by atomic mass is 32.2. The van der Waals surface area contributed by atoms with E-state index in [1.54, 1.807) is 17.5 Å². The molecule has 2 heterocycles. The molecule has 1 aromatic heterocycles. The predicted molar refractivity (Wildman–Crippen MR) is 135 cm³/mol. The first-order chi connectivity index (χ1) is 17.1. The molecule has 1 saturated heterocycles. The van der Waals surface area contributed by atoms with Gasteiger partial charge in [-0.05, 0) is 60.7 Å². The lowest BCUT2D eigenvalue weighted by atomic mass is 9.94. The molecule has 0 aliphatic carbocycles. The monoisotopic (exact) mass is 531 g/mol. The van der Waals surface area contributed by atoms with Crippen molar-refractivity contribution in [2.24, 2.45) is 11.8 Å². The summed E-state index contributed by atoms with van der Waals surface area (Å²) in [4.78, 5) is 29.1. The molecule has 1 N–H and O–H groups in total. The van der Waals surface area contributed by atoms with Crippen LogP contribution in [0.15, 0.2) is 58.8 Å². The summed E-state index contributed by atoms with van der Waals surface area (Å²) in [6.45, 7) is 4.34. The molecule has 2 atom stereocenters. The number of sulfonamides is 1. The molecular formula is C25H26FN3O5S2. The van der Waals surface area contributed by atoms with E-state index in [9.17, 15) is 22.4 Å². The van der Waals surface area contributed by atoms with Crippen molar-refractivity contribution in [3.63, 3.8) is 0 Å². The molecule has 4 rings (SSSR count). The summed E-state index contributed by atoms with van der Waals surface area (Å²) >= 11 is 1.18. The van der Waals surface area contributed by atoms with Crippen molar-refractivity contribution < 1.29 is 27.1 Å². The number of piperidine rings is 1. The number of hydrogen-bond acceptors (Lipinski definition) is 7. The molecule has 2 unspecified atom stereocenters. The van der Waals surface area contributed by atoms with Gasteiger partial charge in [-0.25, -0.2) is 22.6 Å². The number of ether oxygens (including phenoxy) is 1. The van der Waals surface area contributed by atoms with Crippen LogP contribution >= 0.6 is 11.3 Å². The van der Waals surface area contributed by atoms with Gasteiger partial charge in [0, 0.05) is 24.0 Å². The number of carbonyl (C=O) groups excluding carboxylic acids is 2. The predicted octanol–water partition coefficient (Wildman–Crippen LogP) is 4.41. The van der Waals surface area contributed by atoms with E-state index in [4.69, 9.17) is 4.74 Å². The van der Waals surface area contributed by atoms with Crippen molar-refractivity contribution in [2.45, 2.75) is 25.2 Å². The average molecular weight is 532 g/mol. The molecule has 0 spiro atoms. The van der Waals surface area contributed by atoms with Crippen LogP contribution in [0.4, 0.5) is 9.52 Å². The van der Waals surface area contributed by atoms with Crippen LogP contribution in [-0.4, -0.2) is 49.3 Å². The van der Waals surface area contributed by atoms with Crippen molar-refractivity contribution in [1.29, 1.82) is 0 Å². The number of rotatable bonds is 7. The molecule has 1 amide bonds. The maximum Gasteiger partial charge on any atom is 0.338 e. The zero-order valence-corrected chi connectivity index (χ0v) is 21.4. The lowest BCUT2D eigenvalue weighted by Crippen LogP contribution is -2.42. The van der Waals surface area contributed by atoms with Gasteiger partial charge in [-0.1, -0.05) is 19.9 Å². The second-order valence-electron chi connectivity index (χ2n) is 8.96. The Bertz CT molecular complexity index is 1350. The van der Waals surface area contributed by atoms with Gasteiger partial charge in [0.2, 0.25) is 10.0 Å². The Morgan fingerprint density at radius 1 is 1.14 bits per heavy atom. The first kappa shape index (κ1) is 25.9. The first-order valence-corrected chi connectivity index (χ1v) is 13.7. The highest BCUT2D eigenvalue weighted by Crippen LogP contribution is 2.27. The normalized spacial score (nSPS) is 18.5. The van der Waals surface area contributed by atoms with Crippen LogP contribution in [-0.2, 0) is 19.6 Å². The zero-order chi connectivity index (χ0) is 25.9. The quantitative estimate of drug-likeness (QED) is 0.453. The second-order valence-corrected chi connectivity index (χ2v) is 11.8. The third-order valence-electron chi connectivity index (χ3n) is 5.77. The molecule has 0 bridgehead atoms. The third kappa shape index (κ3) is 6.15. The molecule has 36 heavy (non-hydrogen) atoms. The van der Waals surface area contributed by atoms with E-state index in [2.05, 4.69) is 10.3 Å². The number of hydrogen-bond donors (Lipinski definition) is 1. The molecule has 8 nitrogen and oxygen atoms in total. The van der Waals surface area contributed by atoms with E-state index in [0.29, 0.717) is 29.5 Å². The SMILES string of the molecule is CC1CC(C)CN(S(=O)(=O)c2cccc(C(=O)OCC(=O)Nc3nc(-c4ccc(F)cc4)cs3)c2)C1. The van der Waals surface area contributed by atoms with E-state index in [1.165, 1.54) is 52.0 Å². The molecule has 0 radical (unpaired) electrons. The Labute approximate surface area is 213 Å². The topological polar surface area (TPSA) is 106 Å². The van der Waals surface area contributed by atoms with Gasteiger partial charge in [-0.15, -0.1) is 11.3 Å². The smallest absolute Gasteiger partial charge is 0.338 e. The minimum Gasteiger partial charge on any atom is -0.452 e. The Balaban J connectivity index is 1.36. The molecule has 1 aliphatic rings. The zero-order valence-electron chi connectivity index (χ0n) is 19.8. The van der Waals surface area contributed by atoms with Gasteiger partial charge in [0.15, 0.2) is 11.7 Å². The van der Waals surface area contributed by atoms with Crippen molar-refractivity contribution in [3.05, 3.63) is 65.3 Å². The number of anilines is 1. The fourth-order valence-corrected chi connectivity index (χ4v) is 6.65. The van der Waals surface area contributed by atoms with Crippen molar-refractivity contribution in [2.75, 3.05) is 25.0 Å². The van der Waals surface area contributed by atoms with Crippen LogP contribution in [0.5, 0.6) is 0 Å². The van der Waals surface area contributed by atoms with Gasteiger partial charge in [0.05, 0.1) is 16.2 Å². The largest absolute Gasteiger partial charge is 0.452 e. The number of aromatic nitrogens is 1. The van der Waals surface area contributed by atoms with Gasteiger partial charge in [0.1, 0.15) is 5.82 Å². The van der Waals surface area contributed by atoms with Crippen LogP contribution in [0, 0.1) is 17.7 Å². The highest BCUT2D eigenvalue weighted by Gasteiger charge is 2.32. The number of thiazole rings is 1. The van der Waals surface area contributed by atoms with Crippen molar-refractivity contribution in [3.8, 4) is 11.3 Å². The number of nitrogens with one attached hydrogen (secondary N) is 1. The summed E-state index contributed by atoms with van der Waals surface area (Å²) in [5.74, 6) is -1.26. The van der Waals surface area contributed by atoms with E-state index >= 15 is 0 Å². The lowest BCUT2D eigenvalue weighted by molar-refractivity contribution is -0.119. The Kier molecular flexibility index (Phi) is 7.82. The minimum absolute atomic E-state index is 0.0128. The molecule has 0 saturated carbocycles. The maximum atomic E-state index is 13.1. The molecule has 190 valence electrons. The summed E-state index contributed by atoms with van der Waals surface area (Å²) in [5, 5.41) is 4.56. The molecule has 11 heteroatoms. The average Bonchev–Trinajstić information content (AvgIpc) is 3.30. The maximum absolute atomic E-state index is 13.1. The van der Waals surface area contributed by atoms with E-state index in [1.807, 2.05) is 13.8 Å². The molecular weight excluding hydrogens is 505 g/mol.